The molecule has 0 bridgehead atoms. The SMILES string of the molecule is CCOC(=O)/C(C)=N\N(C)C(=O)Cc1c(CC)cc(C)cc1CC. The number of esters is 1. The predicted molar refractivity (Wildman–Crippen MR) is 96.2 cm³/mol. The maximum absolute atomic E-state index is 12.5. The summed E-state index contributed by atoms with van der Waals surface area (Å²) in [6.07, 6.45) is 2.04. The maximum Gasteiger partial charge on any atom is 0.354 e. The largest absolute Gasteiger partial charge is 0.461 e. The summed E-state index contributed by atoms with van der Waals surface area (Å²) in [7, 11) is 1.57. The van der Waals surface area contributed by atoms with Crippen molar-refractivity contribution in [3.8, 4) is 0 Å². The standard InChI is InChI=1S/C19H28N2O3/c1-7-15-10-13(4)11-16(8-2)17(15)12-18(22)21(6)20-14(5)19(23)24-9-3/h10-11H,7-9,12H2,1-6H3/b20-14-. The summed E-state index contributed by atoms with van der Waals surface area (Å²) in [5, 5.41) is 5.27. The number of likely N-dealkylation sites (N-methyl/N-ethyl adjacent to an activating group) is 1. The number of hydrogen-bond donors (Lipinski definition) is 0. The van der Waals surface area contributed by atoms with Crippen LogP contribution in [0.25, 0.3) is 0 Å². The van der Waals surface area contributed by atoms with Crippen molar-refractivity contribution in [1.29, 1.82) is 0 Å². The minimum atomic E-state index is -0.504. The van der Waals surface area contributed by atoms with E-state index in [0.29, 0.717) is 0 Å². The summed E-state index contributed by atoms with van der Waals surface area (Å²) < 4.78 is 4.88. The lowest BCUT2D eigenvalue weighted by molar-refractivity contribution is -0.135. The summed E-state index contributed by atoms with van der Waals surface area (Å²) in [5.74, 6) is -0.650. The van der Waals surface area contributed by atoms with Crippen LogP contribution in [-0.2, 0) is 33.6 Å². The van der Waals surface area contributed by atoms with Gasteiger partial charge in [-0.05, 0) is 50.3 Å². The number of hydrogen-bond acceptors (Lipinski definition) is 4. The Balaban J connectivity index is 2.99. The summed E-state index contributed by atoms with van der Waals surface area (Å²) in [5.41, 5.74) is 4.85. The average Bonchev–Trinajstić information content (AvgIpc) is 2.55. The van der Waals surface area contributed by atoms with Gasteiger partial charge < -0.3 is 4.74 Å². The topological polar surface area (TPSA) is 59.0 Å². The third kappa shape index (κ3) is 5.18. The van der Waals surface area contributed by atoms with E-state index in [4.69, 9.17) is 4.74 Å². The molecule has 0 unspecified atom stereocenters. The second-order valence-electron chi connectivity index (χ2n) is 5.77. The number of rotatable bonds is 7. The molecule has 24 heavy (non-hydrogen) atoms. The lowest BCUT2D eigenvalue weighted by Gasteiger charge is -2.17. The van der Waals surface area contributed by atoms with E-state index in [1.165, 1.54) is 21.7 Å². The van der Waals surface area contributed by atoms with Gasteiger partial charge in [0.1, 0.15) is 5.71 Å². The molecule has 0 saturated carbocycles. The highest BCUT2D eigenvalue weighted by Crippen LogP contribution is 2.20. The third-order valence-corrected chi connectivity index (χ3v) is 3.90. The molecule has 1 aromatic rings. The Morgan fingerprint density at radius 1 is 1.12 bits per heavy atom. The quantitative estimate of drug-likeness (QED) is 0.438. The van der Waals surface area contributed by atoms with E-state index in [1.54, 1.807) is 20.9 Å². The van der Waals surface area contributed by atoms with E-state index >= 15 is 0 Å². The first kappa shape index (κ1) is 19.9. The smallest absolute Gasteiger partial charge is 0.354 e. The van der Waals surface area contributed by atoms with Crippen LogP contribution in [0.5, 0.6) is 0 Å². The fraction of sp³-hybridized carbons (Fsp3) is 0.526. The van der Waals surface area contributed by atoms with Crippen molar-refractivity contribution in [1.82, 2.24) is 5.01 Å². The molecule has 1 rings (SSSR count). The van der Waals surface area contributed by atoms with E-state index in [1.807, 2.05) is 0 Å². The van der Waals surface area contributed by atoms with E-state index in [-0.39, 0.29) is 24.6 Å². The molecule has 1 amide bonds. The van der Waals surface area contributed by atoms with Gasteiger partial charge in [-0.3, -0.25) is 4.79 Å². The number of aryl methyl sites for hydroxylation is 3. The number of ether oxygens (including phenoxy) is 1. The molecule has 5 nitrogen and oxygen atoms in total. The molecular formula is C19H28N2O3. The minimum Gasteiger partial charge on any atom is -0.461 e. The number of carbonyl (C=O) groups excluding carboxylic acids is 2. The Hall–Kier alpha value is -2.17. The van der Waals surface area contributed by atoms with Crippen molar-refractivity contribution in [3.05, 3.63) is 34.4 Å². The van der Waals surface area contributed by atoms with Crippen LogP contribution in [0.15, 0.2) is 17.2 Å². The zero-order valence-electron chi connectivity index (χ0n) is 15.6. The molecule has 0 aliphatic heterocycles. The second kappa shape index (κ2) is 9.21. The molecule has 0 atom stereocenters. The molecule has 0 aliphatic carbocycles. The van der Waals surface area contributed by atoms with Crippen LogP contribution >= 0.6 is 0 Å². The Bertz CT molecular complexity index is 610. The van der Waals surface area contributed by atoms with E-state index < -0.39 is 5.97 Å². The summed E-state index contributed by atoms with van der Waals surface area (Å²) in [6.45, 7) is 9.82. The summed E-state index contributed by atoms with van der Waals surface area (Å²) in [4.78, 5) is 24.1. The van der Waals surface area contributed by atoms with Crippen LogP contribution in [0.1, 0.15) is 49.9 Å². The highest BCUT2D eigenvalue weighted by atomic mass is 16.5. The fourth-order valence-electron chi connectivity index (χ4n) is 2.65. The average molecular weight is 332 g/mol. The van der Waals surface area contributed by atoms with Crippen molar-refractivity contribution in [2.75, 3.05) is 13.7 Å². The number of nitrogens with zero attached hydrogens (tertiary/aromatic N) is 2. The Labute approximate surface area is 144 Å². The predicted octanol–water partition coefficient (Wildman–Crippen LogP) is 3.06. The first-order chi connectivity index (χ1) is 11.3. The van der Waals surface area contributed by atoms with Crippen LogP contribution in [0.4, 0.5) is 0 Å². The molecule has 0 N–H and O–H groups in total. The van der Waals surface area contributed by atoms with Crippen molar-refractivity contribution in [3.63, 3.8) is 0 Å². The van der Waals surface area contributed by atoms with Gasteiger partial charge in [0.25, 0.3) is 0 Å². The van der Waals surface area contributed by atoms with Crippen molar-refractivity contribution in [2.24, 2.45) is 5.10 Å². The van der Waals surface area contributed by atoms with Gasteiger partial charge >= 0.3 is 5.97 Å². The van der Waals surface area contributed by atoms with Gasteiger partial charge in [0, 0.05) is 7.05 Å². The van der Waals surface area contributed by atoms with Gasteiger partial charge in [0.05, 0.1) is 13.0 Å². The van der Waals surface area contributed by atoms with Gasteiger partial charge in [0.15, 0.2) is 0 Å². The van der Waals surface area contributed by atoms with Crippen LogP contribution in [0, 0.1) is 6.92 Å². The normalized spacial score (nSPS) is 11.3. The Morgan fingerprint density at radius 2 is 1.67 bits per heavy atom. The van der Waals surface area contributed by atoms with Crippen molar-refractivity contribution >= 4 is 17.6 Å². The van der Waals surface area contributed by atoms with E-state index in [2.05, 4.69) is 38.0 Å². The van der Waals surface area contributed by atoms with Crippen molar-refractivity contribution < 1.29 is 14.3 Å². The van der Waals surface area contributed by atoms with Crippen LogP contribution in [0.2, 0.25) is 0 Å². The first-order valence-electron chi connectivity index (χ1n) is 8.44. The first-order valence-corrected chi connectivity index (χ1v) is 8.44. The Kier molecular flexibility index (Phi) is 7.62. The third-order valence-electron chi connectivity index (χ3n) is 3.90. The number of hydrazone groups is 1. The molecule has 5 heteroatoms. The number of amides is 1. The highest BCUT2D eigenvalue weighted by Gasteiger charge is 2.16. The number of benzene rings is 1. The van der Waals surface area contributed by atoms with Crippen LogP contribution in [0.3, 0.4) is 0 Å². The zero-order chi connectivity index (χ0) is 18.3. The Morgan fingerprint density at radius 3 is 2.12 bits per heavy atom. The van der Waals surface area contributed by atoms with Gasteiger partial charge in [-0.1, -0.05) is 31.5 Å². The molecule has 0 heterocycles. The highest BCUT2D eigenvalue weighted by molar-refractivity contribution is 6.35. The van der Waals surface area contributed by atoms with E-state index in [9.17, 15) is 9.59 Å². The van der Waals surface area contributed by atoms with Gasteiger partial charge in [-0.25, -0.2) is 9.80 Å². The molecule has 0 radical (unpaired) electrons. The summed E-state index contributed by atoms with van der Waals surface area (Å²) in [6, 6.07) is 4.27. The number of carbonyl (C=O) groups is 2. The lowest BCUT2D eigenvalue weighted by Crippen LogP contribution is -2.27. The second-order valence-corrected chi connectivity index (χ2v) is 5.77. The summed E-state index contributed by atoms with van der Waals surface area (Å²) >= 11 is 0. The van der Waals surface area contributed by atoms with Crippen LogP contribution in [-0.4, -0.2) is 36.3 Å². The lowest BCUT2D eigenvalue weighted by atomic mass is 9.92. The van der Waals surface area contributed by atoms with Crippen molar-refractivity contribution in [2.45, 2.75) is 53.9 Å². The van der Waals surface area contributed by atoms with Crippen LogP contribution < -0.4 is 0 Å². The molecule has 0 saturated heterocycles. The minimum absolute atomic E-state index is 0.146. The molecular weight excluding hydrogens is 304 g/mol. The maximum atomic E-state index is 12.5. The molecule has 0 aliphatic rings. The zero-order valence-corrected chi connectivity index (χ0v) is 15.6. The monoisotopic (exact) mass is 332 g/mol. The fourth-order valence-corrected chi connectivity index (χ4v) is 2.65. The molecule has 0 fully saturated rings. The molecule has 132 valence electrons. The molecule has 0 spiro atoms. The van der Waals surface area contributed by atoms with Gasteiger partial charge in [-0.2, -0.15) is 5.10 Å². The molecule has 0 aromatic heterocycles. The van der Waals surface area contributed by atoms with Gasteiger partial charge in [0.2, 0.25) is 5.91 Å². The van der Waals surface area contributed by atoms with E-state index in [0.717, 1.165) is 18.4 Å². The molecule has 1 aromatic carbocycles. The van der Waals surface area contributed by atoms with Gasteiger partial charge in [-0.15, -0.1) is 0 Å².